The average molecular weight is 435 g/mol. The van der Waals surface area contributed by atoms with Crippen LogP contribution in [0.5, 0.6) is 0 Å². The fraction of sp³-hybridized carbons (Fsp3) is 0.962. The number of unbranched alkanes of at least 4 members (excludes halogenated alkanes) is 2. The lowest BCUT2D eigenvalue weighted by atomic mass is 9.53. The van der Waals surface area contributed by atoms with Gasteiger partial charge in [-0.2, -0.15) is 0 Å². The van der Waals surface area contributed by atoms with E-state index in [0.29, 0.717) is 17.3 Å². The van der Waals surface area contributed by atoms with Crippen LogP contribution in [0.3, 0.4) is 0 Å². The van der Waals surface area contributed by atoms with Crippen molar-refractivity contribution < 1.29 is 14.3 Å². The summed E-state index contributed by atoms with van der Waals surface area (Å²) in [5, 5.41) is 3.62. The Kier molecular flexibility index (Phi) is 7.65. The van der Waals surface area contributed by atoms with Crippen molar-refractivity contribution in [3.8, 4) is 0 Å². The number of hydrogen-bond acceptors (Lipinski definition) is 5. The fourth-order valence-electron chi connectivity index (χ4n) is 6.97. The summed E-state index contributed by atoms with van der Waals surface area (Å²) in [7, 11) is 0. The highest BCUT2D eigenvalue weighted by molar-refractivity contribution is 5.75. The lowest BCUT2D eigenvalue weighted by Gasteiger charge is -2.51. The van der Waals surface area contributed by atoms with Crippen LogP contribution in [0.25, 0.3) is 0 Å². The molecule has 2 saturated carbocycles. The minimum Gasteiger partial charge on any atom is -0.462 e. The molecule has 4 rings (SSSR count). The van der Waals surface area contributed by atoms with Gasteiger partial charge >= 0.3 is 5.97 Å². The molecule has 2 heterocycles. The van der Waals surface area contributed by atoms with E-state index >= 15 is 0 Å². The van der Waals surface area contributed by atoms with Crippen LogP contribution in [0.4, 0.5) is 0 Å². The third kappa shape index (κ3) is 5.14. The molecular weight excluding hydrogens is 388 g/mol. The number of carbonyl (C=O) groups excluding carboxylic acids is 1. The molecule has 0 aromatic carbocycles. The maximum Gasteiger partial charge on any atom is 0.310 e. The summed E-state index contributed by atoms with van der Waals surface area (Å²) in [5.74, 6) is 1.06. The van der Waals surface area contributed by atoms with Gasteiger partial charge in [-0.05, 0) is 88.9 Å². The Morgan fingerprint density at radius 3 is 2.48 bits per heavy atom. The predicted octanol–water partition coefficient (Wildman–Crippen LogP) is 4.40. The minimum atomic E-state index is 0.0311. The number of nitrogens with zero attached hydrogens (tertiary/aromatic N) is 1. The Hall–Kier alpha value is -0.650. The Balaban J connectivity index is 1.24. The van der Waals surface area contributed by atoms with Crippen molar-refractivity contribution in [2.24, 2.45) is 23.2 Å². The summed E-state index contributed by atoms with van der Waals surface area (Å²) < 4.78 is 12.0. The molecule has 0 amide bonds. The lowest BCUT2D eigenvalue weighted by molar-refractivity contribution is -0.147. The molecule has 6 atom stereocenters. The summed E-state index contributed by atoms with van der Waals surface area (Å²) >= 11 is 0. The van der Waals surface area contributed by atoms with Gasteiger partial charge < -0.3 is 19.7 Å². The summed E-state index contributed by atoms with van der Waals surface area (Å²) in [4.78, 5) is 15.4. The lowest BCUT2D eigenvalue weighted by Crippen LogP contribution is -2.51. The van der Waals surface area contributed by atoms with Crippen LogP contribution in [0.2, 0.25) is 0 Å². The Morgan fingerprint density at radius 1 is 1.10 bits per heavy atom. The van der Waals surface area contributed by atoms with E-state index in [1.165, 1.54) is 58.0 Å². The molecule has 4 aliphatic rings. The molecular formula is C26H46N2O3. The molecule has 0 bridgehead atoms. The topological polar surface area (TPSA) is 54.1 Å². The molecule has 178 valence electrons. The van der Waals surface area contributed by atoms with E-state index in [-0.39, 0.29) is 23.6 Å². The largest absolute Gasteiger partial charge is 0.462 e. The molecule has 2 saturated heterocycles. The number of esters is 1. The molecule has 31 heavy (non-hydrogen) atoms. The molecule has 0 radical (unpaired) electrons. The SMILES string of the molecule is CCCCN(CCCC)CCCNC[C@H]1C(=O)O[C@@H]2C[C@@]3(C)CCC[C@]4(CO4)[C@@H]3C[C@@H]21. The fourth-order valence-corrected chi connectivity index (χ4v) is 6.97. The van der Waals surface area contributed by atoms with Crippen LogP contribution in [-0.4, -0.2) is 61.9 Å². The van der Waals surface area contributed by atoms with Gasteiger partial charge in [-0.3, -0.25) is 4.79 Å². The quantitative estimate of drug-likeness (QED) is 0.280. The van der Waals surface area contributed by atoms with Crippen LogP contribution in [0, 0.1) is 23.2 Å². The molecule has 2 aliphatic carbocycles. The molecule has 0 unspecified atom stereocenters. The number of carbonyl (C=O) groups is 1. The minimum absolute atomic E-state index is 0.0311. The van der Waals surface area contributed by atoms with Crippen molar-refractivity contribution in [3.05, 3.63) is 0 Å². The van der Waals surface area contributed by atoms with Gasteiger partial charge in [0.05, 0.1) is 18.1 Å². The number of epoxide rings is 1. The van der Waals surface area contributed by atoms with Crippen molar-refractivity contribution in [2.75, 3.05) is 39.3 Å². The van der Waals surface area contributed by atoms with E-state index in [9.17, 15) is 4.79 Å². The second-order valence-corrected chi connectivity index (χ2v) is 11.2. The highest BCUT2D eigenvalue weighted by atomic mass is 16.6. The second-order valence-electron chi connectivity index (χ2n) is 11.2. The van der Waals surface area contributed by atoms with Crippen LogP contribution < -0.4 is 5.32 Å². The number of nitrogens with one attached hydrogen (secondary N) is 1. The van der Waals surface area contributed by atoms with E-state index in [0.717, 1.165) is 45.5 Å². The normalized spacial score (nSPS) is 38.9. The highest BCUT2D eigenvalue weighted by Crippen LogP contribution is 2.62. The molecule has 0 aromatic rings. The maximum atomic E-state index is 12.7. The summed E-state index contributed by atoms with van der Waals surface area (Å²) in [6.45, 7) is 13.3. The zero-order valence-electron chi connectivity index (χ0n) is 20.3. The molecule has 1 N–H and O–H groups in total. The predicted molar refractivity (Wildman–Crippen MR) is 124 cm³/mol. The number of rotatable bonds is 12. The van der Waals surface area contributed by atoms with Gasteiger partial charge in [0.1, 0.15) is 6.10 Å². The average Bonchev–Trinajstić information content (AvgIpc) is 3.45. The van der Waals surface area contributed by atoms with Gasteiger partial charge in [-0.15, -0.1) is 0 Å². The van der Waals surface area contributed by atoms with Crippen LogP contribution in [0.1, 0.15) is 85.0 Å². The molecule has 2 aliphatic heterocycles. The maximum absolute atomic E-state index is 12.7. The first kappa shape index (κ1) is 23.5. The van der Waals surface area contributed by atoms with Crippen molar-refractivity contribution >= 4 is 5.97 Å². The Bertz CT molecular complexity index is 599. The van der Waals surface area contributed by atoms with Crippen molar-refractivity contribution in [1.29, 1.82) is 0 Å². The van der Waals surface area contributed by atoms with E-state index in [1.54, 1.807) is 0 Å². The third-order valence-corrected chi connectivity index (χ3v) is 8.93. The van der Waals surface area contributed by atoms with Crippen molar-refractivity contribution in [3.63, 3.8) is 0 Å². The van der Waals surface area contributed by atoms with Gasteiger partial charge in [-0.1, -0.05) is 33.6 Å². The van der Waals surface area contributed by atoms with Gasteiger partial charge in [0.15, 0.2) is 0 Å². The summed E-state index contributed by atoms with van der Waals surface area (Å²) in [5.41, 5.74) is 0.432. The smallest absolute Gasteiger partial charge is 0.310 e. The molecule has 0 aromatic heterocycles. The number of hydrogen-bond donors (Lipinski definition) is 1. The summed E-state index contributed by atoms with van der Waals surface area (Å²) in [6.07, 6.45) is 12.3. The zero-order valence-corrected chi connectivity index (χ0v) is 20.3. The first-order chi connectivity index (χ1) is 15.0. The van der Waals surface area contributed by atoms with E-state index < -0.39 is 0 Å². The first-order valence-corrected chi connectivity index (χ1v) is 13.3. The first-order valence-electron chi connectivity index (χ1n) is 13.3. The highest BCUT2D eigenvalue weighted by Gasteiger charge is 2.64. The molecule has 4 fully saturated rings. The van der Waals surface area contributed by atoms with E-state index in [1.807, 2.05) is 0 Å². The number of fused-ring (bicyclic) bond motifs is 3. The van der Waals surface area contributed by atoms with Gasteiger partial charge in [0.2, 0.25) is 0 Å². The zero-order chi connectivity index (χ0) is 21.9. The van der Waals surface area contributed by atoms with Gasteiger partial charge in [0.25, 0.3) is 0 Å². The van der Waals surface area contributed by atoms with Crippen molar-refractivity contribution in [1.82, 2.24) is 10.2 Å². The van der Waals surface area contributed by atoms with Gasteiger partial charge in [-0.25, -0.2) is 0 Å². The Labute approximate surface area is 190 Å². The number of ether oxygens (including phenoxy) is 2. The van der Waals surface area contributed by atoms with E-state index in [4.69, 9.17) is 9.47 Å². The third-order valence-electron chi connectivity index (χ3n) is 8.93. The molecule has 5 heteroatoms. The van der Waals surface area contributed by atoms with Crippen molar-refractivity contribution in [2.45, 2.75) is 96.7 Å². The summed E-state index contributed by atoms with van der Waals surface area (Å²) in [6, 6.07) is 0. The second kappa shape index (κ2) is 10.1. The molecule has 1 spiro atoms. The standard InChI is InChI=1S/C26H46N2O3/c1-4-6-13-28(14-7-5-2)15-9-12-27-18-21-20-16-23-25(3,17-22(20)31-24(21)29)10-8-11-26(23)19-30-26/h20-23,27H,4-19H2,1-3H3/t20-,21-,22-,23-,25-,26+/m1/s1. The van der Waals surface area contributed by atoms with Crippen LogP contribution in [-0.2, 0) is 14.3 Å². The van der Waals surface area contributed by atoms with E-state index in [2.05, 4.69) is 31.0 Å². The Morgan fingerprint density at radius 2 is 1.81 bits per heavy atom. The van der Waals surface area contributed by atoms with Crippen LogP contribution >= 0.6 is 0 Å². The van der Waals surface area contributed by atoms with Gasteiger partial charge in [0, 0.05) is 12.5 Å². The monoisotopic (exact) mass is 434 g/mol. The molecule has 5 nitrogen and oxygen atoms in total. The van der Waals surface area contributed by atoms with Crippen LogP contribution in [0.15, 0.2) is 0 Å².